The highest BCUT2D eigenvalue weighted by molar-refractivity contribution is 6.32. The van der Waals surface area contributed by atoms with Crippen LogP contribution < -0.4 is 5.32 Å². The van der Waals surface area contributed by atoms with Crippen LogP contribution in [0.25, 0.3) is 0 Å². The van der Waals surface area contributed by atoms with Crippen LogP contribution in [0.4, 0.5) is 5.69 Å². The van der Waals surface area contributed by atoms with Crippen molar-refractivity contribution in [3.05, 3.63) is 27.8 Å². The van der Waals surface area contributed by atoms with Gasteiger partial charge in [0.25, 0.3) is 5.91 Å². The number of carbonyl (C=O) groups is 2. The Morgan fingerprint density at radius 3 is 2.30 bits per heavy atom. The van der Waals surface area contributed by atoms with Gasteiger partial charge in [0.05, 0.1) is 22.8 Å². The Bertz CT molecular complexity index is 869. The normalized spacial score (nSPS) is 12.3. The highest BCUT2D eigenvalue weighted by atomic mass is 35.5. The first-order valence-electron chi connectivity index (χ1n) is 8.77. The molecule has 0 bridgehead atoms. The van der Waals surface area contributed by atoms with E-state index in [2.05, 4.69) is 15.5 Å². The van der Waals surface area contributed by atoms with Crippen molar-refractivity contribution in [1.82, 2.24) is 19.6 Å². The van der Waals surface area contributed by atoms with Crippen molar-refractivity contribution in [3.8, 4) is 0 Å². The van der Waals surface area contributed by atoms with Crippen molar-refractivity contribution in [2.24, 2.45) is 13.0 Å². The van der Waals surface area contributed by atoms with Gasteiger partial charge in [0.15, 0.2) is 6.10 Å². The van der Waals surface area contributed by atoms with E-state index in [1.165, 1.54) is 6.92 Å². The van der Waals surface area contributed by atoms with Gasteiger partial charge >= 0.3 is 5.97 Å². The lowest BCUT2D eigenvalue weighted by molar-refractivity contribution is -0.123. The minimum absolute atomic E-state index is 0.186. The second-order valence-corrected chi connectivity index (χ2v) is 7.39. The molecule has 0 spiro atoms. The van der Waals surface area contributed by atoms with E-state index in [1.807, 2.05) is 20.8 Å². The predicted octanol–water partition coefficient (Wildman–Crippen LogP) is 3.04. The number of nitrogens with one attached hydrogen (secondary N) is 1. The summed E-state index contributed by atoms with van der Waals surface area (Å²) in [6.45, 7) is 11.5. The molecular formula is C18H26ClN5O3. The Balaban J connectivity index is 2.11. The maximum Gasteiger partial charge on any atom is 0.343 e. The van der Waals surface area contributed by atoms with E-state index in [0.717, 1.165) is 5.69 Å². The zero-order valence-electron chi connectivity index (χ0n) is 16.8. The van der Waals surface area contributed by atoms with Gasteiger partial charge in [-0.2, -0.15) is 10.2 Å². The van der Waals surface area contributed by atoms with Crippen molar-refractivity contribution < 1.29 is 14.3 Å². The fraction of sp³-hybridized carbons (Fsp3) is 0.556. The van der Waals surface area contributed by atoms with Crippen LogP contribution >= 0.6 is 11.6 Å². The fourth-order valence-electron chi connectivity index (χ4n) is 2.70. The van der Waals surface area contributed by atoms with Gasteiger partial charge in [0, 0.05) is 13.6 Å². The molecule has 0 radical (unpaired) electrons. The maximum absolute atomic E-state index is 12.5. The number of rotatable bonds is 6. The van der Waals surface area contributed by atoms with E-state index in [-0.39, 0.29) is 10.7 Å². The second kappa shape index (κ2) is 8.12. The zero-order valence-corrected chi connectivity index (χ0v) is 17.5. The van der Waals surface area contributed by atoms with E-state index in [1.54, 1.807) is 30.3 Å². The average molecular weight is 396 g/mol. The van der Waals surface area contributed by atoms with Crippen molar-refractivity contribution in [2.75, 3.05) is 5.32 Å². The van der Waals surface area contributed by atoms with E-state index >= 15 is 0 Å². The second-order valence-electron chi connectivity index (χ2n) is 7.03. The van der Waals surface area contributed by atoms with Gasteiger partial charge in [-0.05, 0) is 33.6 Å². The summed E-state index contributed by atoms with van der Waals surface area (Å²) >= 11 is 6.29. The number of carbonyl (C=O) groups excluding carboxylic acids is 2. The van der Waals surface area contributed by atoms with Gasteiger partial charge in [-0.3, -0.25) is 14.2 Å². The van der Waals surface area contributed by atoms with Gasteiger partial charge in [0.2, 0.25) is 0 Å². The van der Waals surface area contributed by atoms with Crippen LogP contribution in [0, 0.1) is 26.7 Å². The Morgan fingerprint density at radius 1 is 1.15 bits per heavy atom. The van der Waals surface area contributed by atoms with Crippen molar-refractivity contribution in [1.29, 1.82) is 0 Å². The largest absolute Gasteiger partial charge is 0.449 e. The number of aromatic nitrogens is 4. The summed E-state index contributed by atoms with van der Waals surface area (Å²) in [7, 11) is 1.79. The Morgan fingerprint density at radius 2 is 1.78 bits per heavy atom. The van der Waals surface area contributed by atoms with E-state index < -0.39 is 18.0 Å². The third kappa shape index (κ3) is 4.50. The smallest absolute Gasteiger partial charge is 0.343 e. The first kappa shape index (κ1) is 21.0. The summed E-state index contributed by atoms with van der Waals surface area (Å²) in [4.78, 5) is 25.0. The molecule has 2 heterocycles. The SMILES string of the molecule is Cc1nn(C)c(C)c1NC(=O)[C@@H](C)OC(=O)c1c(C)nn(CC(C)C)c1Cl. The van der Waals surface area contributed by atoms with Crippen LogP contribution in [0.3, 0.4) is 0 Å². The Hall–Kier alpha value is -2.35. The predicted molar refractivity (Wildman–Crippen MR) is 103 cm³/mol. The number of hydrogen-bond donors (Lipinski definition) is 1. The molecule has 9 heteroatoms. The van der Waals surface area contributed by atoms with Crippen LogP contribution in [0.15, 0.2) is 0 Å². The number of ether oxygens (including phenoxy) is 1. The summed E-state index contributed by atoms with van der Waals surface area (Å²) in [6, 6.07) is 0. The van der Waals surface area contributed by atoms with Crippen molar-refractivity contribution in [2.45, 2.75) is 54.2 Å². The van der Waals surface area contributed by atoms with Crippen molar-refractivity contribution >= 4 is 29.2 Å². The highest BCUT2D eigenvalue weighted by Crippen LogP contribution is 2.23. The van der Waals surface area contributed by atoms with Crippen molar-refractivity contribution in [3.63, 3.8) is 0 Å². The van der Waals surface area contributed by atoms with Gasteiger partial charge in [0.1, 0.15) is 10.7 Å². The summed E-state index contributed by atoms with van der Waals surface area (Å²) in [5, 5.41) is 11.5. The number of hydrogen-bond acceptors (Lipinski definition) is 5. The number of amides is 1. The molecule has 0 fully saturated rings. The molecule has 1 N–H and O–H groups in total. The standard InChI is InChI=1S/C18H26ClN5O3/c1-9(2)8-24-16(19)14(10(3)22-24)18(26)27-13(6)17(25)20-15-11(4)21-23(7)12(15)5/h9,13H,8H2,1-7H3,(H,20,25)/t13-/m1/s1. The highest BCUT2D eigenvalue weighted by Gasteiger charge is 2.26. The number of halogens is 1. The summed E-state index contributed by atoms with van der Waals surface area (Å²) in [5.74, 6) is -0.790. The lowest BCUT2D eigenvalue weighted by atomic mass is 10.2. The van der Waals surface area contributed by atoms with Crippen LogP contribution in [-0.4, -0.2) is 37.5 Å². The summed E-state index contributed by atoms with van der Waals surface area (Å²) in [6.07, 6.45) is -1.000. The molecule has 0 aromatic carbocycles. The molecule has 0 aliphatic rings. The lowest BCUT2D eigenvalue weighted by Crippen LogP contribution is -2.30. The molecule has 8 nitrogen and oxygen atoms in total. The minimum Gasteiger partial charge on any atom is -0.449 e. The van der Waals surface area contributed by atoms with Crippen LogP contribution in [-0.2, 0) is 23.1 Å². The van der Waals surface area contributed by atoms with Crippen LogP contribution in [0.1, 0.15) is 48.2 Å². The molecule has 148 valence electrons. The molecule has 0 unspecified atom stereocenters. The van der Waals surface area contributed by atoms with Gasteiger partial charge in [-0.15, -0.1) is 0 Å². The number of anilines is 1. The molecule has 0 saturated heterocycles. The molecular weight excluding hydrogens is 370 g/mol. The topological polar surface area (TPSA) is 91.0 Å². The van der Waals surface area contributed by atoms with Crippen LogP contribution in [0.5, 0.6) is 0 Å². The Labute approximate surface area is 163 Å². The number of aryl methyl sites for hydroxylation is 3. The fourth-order valence-corrected chi connectivity index (χ4v) is 3.03. The molecule has 0 aliphatic heterocycles. The maximum atomic E-state index is 12.5. The summed E-state index contributed by atoms with van der Waals surface area (Å²) in [5.41, 5.74) is 2.77. The molecule has 0 aliphatic carbocycles. The van der Waals surface area contributed by atoms with Gasteiger partial charge in [-0.25, -0.2) is 4.79 Å². The van der Waals surface area contributed by atoms with Gasteiger partial charge < -0.3 is 10.1 Å². The van der Waals surface area contributed by atoms with E-state index in [4.69, 9.17) is 16.3 Å². The van der Waals surface area contributed by atoms with E-state index in [9.17, 15) is 9.59 Å². The molecule has 2 rings (SSSR count). The molecule has 2 aromatic rings. The zero-order chi connectivity index (χ0) is 20.5. The third-order valence-electron chi connectivity index (χ3n) is 4.22. The molecule has 1 amide bonds. The monoisotopic (exact) mass is 395 g/mol. The quantitative estimate of drug-likeness (QED) is 0.759. The lowest BCUT2D eigenvalue weighted by Gasteiger charge is -2.14. The molecule has 1 atom stereocenters. The Kier molecular flexibility index (Phi) is 6.30. The van der Waals surface area contributed by atoms with E-state index in [0.29, 0.717) is 29.5 Å². The van der Waals surface area contributed by atoms with Gasteiger partial charge in [-0.1, -0.05) is 25.4 Å². The molecule has 27 heavy (non-hydrogen) atoms. The number of nitrogens with zero attached hydrogens (tertiary/aromatic N) is 4. The minimum atomic E-state index is -1.000. The first-order chi connectivity index (χ1) is 12.5. The first-order valence-corrected chi connectivity index (χ1v) is 9.15. The van der Waals surface area contributed by atoms with Crippen LogP contribution in [0.2, 0.25) is 5.15 Å². The molecule has 0 saturated carbocycles. The summed E-state index contributed by atoms with van der Waals surface area (Å²) < 4.78 is 8.57. The average Bonchev–Trinajstić information content (AvgIpc) is 2.96. The molecule has 2 aromatic heterocycles. The number of esters is 1. The third-order valence-corrected chi connectivity index (χ3v) is 4.60.